The van der Waals surface area contributed by atoms with E-state index in [4.69, 9.17) is 14.2 Å². The zero-order valence-electron chi connectivity index (χ0n) is 12.7. The van der Waals surface area contributed by atoms with Gasteiger partial charge in [-0.1, -0.05) is 24.3 Å². The molecular weight excluding hydrogens is 266 g/mol. The second-order valence-electron chi connectivity index (χ2n) is 4.60. The molecule has 112 valence electrons. The van der Waals surface area contributed by atoms with E-state index in [0.717, 1.165) is 41.5 Å². The van der Waals surface area contributed by atoms with Gasteiger partial charge in [0.05, 0.1) is 21.3 Å². The van der Waals surface area contributed by atoms with Crippen LogP contribution in [0.3, 0.4) is 0 Å². The number of para-hydroxylation sites is 1. The summed E-state index contributed by atoms with van der Waals surface area (Å²) in [6.45, 7) is 1.50. The lowest BCUT2D eigenvalue weighted by Crippen LogP contribution is -2.13. The zero-order chi connectivity index (χ0) is 15.1. The number of methoxy groups -OCH3 is 3. The molecule has 0 aromatic heterocycles. The van der Waals surface area contributed by atoms with Gasteiger partial charge in [0.2, 0.25) is 0 Å². The SMILES string of the molecule is COc1ccccc1CNCc1ccc(OC)c(OC)c1. The first kappa shape index (κ1) is 15.2. The first-order chi connectivity index (χ1) is 10.3. The minimum Gasteiger partial charge on any atom is -0.496 e. The molecule has 1 N–H and O–H groups in total. The summed E-state index contributed by atoms with van der Waals surface area (Å²) in [5, 5.41) is 3.41. The molecule has 0 aliphatic carbocycles. The first-order valence-corrected chi connectivity index (χ1v) is 6.82. The highest BCUT2D eigenvalue weighted by Crippen LogP contribution is 2.27. The van der Waals surface area contributed by atoms with Gasteiger partial charge in [0, 0.05) is 18.7 Å². The standard InChI is InChI=1S/C17H21NO3/c1-19-15-7-5-4-6-14(15)12-18-11-13-8-9-16(20-2)17(10-13)21-3/h4-10,18H,11-12H2,1-3H3. The fraction of sp³-hybridized carbons (Fsp3) is 0.294. The summed E-state index contributed by atoms with van der Waals surface area (Å²) in [6.07, 6.45) is 0. The maximum Gasteiger partial charge on any atom is 0.161 e. The predicted octanol–water partition coefficient (Wildman–Crippen LogP) is 3.00. The summed E-state index contributed by atoms with van der Waals surface area (Å²) in [6, 6.07) is 13.9. The van der Waals surface area contributed by atoms with Crippen molar-refractivity contribution in [3.8, 4) is 17.2 Å². The molecule has 0 saturated carbocycles. The minimum atomic E-state index is 0.742. The Hall–Kier alpha value is -2.20. The van der Waals surface area contributed by atoms with Gasteiger partial charge in [-0.3, -0.25) is 0 Å². The van der Waals surface area contributed by atoms with Crippen molar-refractivity contribution < 1.29 is 14.2 Å². The van der Waals surface area contributed by atoms with E-state index in [9.17, 15) is 0 Å². The maximum atomic E-state index is 5.34. The molecule has 0 atom stereocenters. The van der Waals surface area contributed by atoms with Crippen molar-refractivity contribution in [1.29, 1.82) is 0 Å². The van der Waals surface area contributed by atoms with Crippen LogP contribution in [0.4, 0.5) is 0 Å². The van der Waals surface area contributed by atoms with Crippen LogP contribution in [0.1, 0.15) is 11.1 Å². The molecule has 0 saturated heterocycles. The van der Waals surface area contributed by atoms with Crippen LogP contribution in [-0.4, -0.2) is 21.3 Å². The second kappa shape index (κ2) is 7.55. The van der Waals surface area contributed by atoms with Crippen molar-refractivity contribution in [3.63, 3.8) is 0 Å². The van der Waals surface area contributed by atoms with E-state index in [1.54, 1.807) is 21.3 Å². The first-order valence-electron chi connectivity index (χ1n) is 6.82. The smallest absolute Gasteiger partial charge is 0.161 e. The van der Waals surface area contributed by atoms with Crippen LogP contribution in [0.2, 0.25) is 0 Å². The lowest BCUT2D eigenvalue weighted by atomic mass is 10.1. The third-order valence-electron chi connectivity index (χ3n) is 3.29. The molecule has 4 heteroatoms. The van der Waals surface area contributed by atoms with Gasteiger partial charge in [0.1, 0.15) is 5.75 Å². The number of benzene rings is 2. The molecule has 0 radical (unpaired) electrons. The van der Waals surface area contributed by atoms with Crippen LogP contribution in [0, 0.1) is 0 Å². The summed E-state index contributed by atoms with van der Waals surface area (Å²) in [4.78, 5) is 0. The van der Waals surface area contributed by atoms with Gasteiger partial charge < -0.3 is 19.5 Å². The van der Waals surface area contributed by atoms with Crippen molar-refractivity contribution in [1.82, 2.24) is 5.32 Å². The van der Waals surface area contributed by atoms with Crippen molar-refractivity contribution >= 4 is 0 Å². The predicted molar refractivity (Wildman–Crippen MR) is 83.1 cm³/mol. The highest BCUT2D eigenvalue weighted by molar-refractivity contribution is 5.42. The van der Waals surface area contributed by atoms with Crippen LogP contribution in [0.5, 0.6) is 17.2 Å². The van der Waals surface area contributed by atoms with E-state index >= 15 is 0 Å². The van der Waals surface area contributed by atoms with E-state index in [1.165, 1.54) is 0 Å². The van der Waals surface area contributed by atoms with Crippen molar-refractivity contribution in [2.24, 2.45) is 0 Å². The normalized spacial score (nSPS) is 10.2. The van der Waals surface area contributed by atoms with E-state index in [-0.39, 0.29) is 0 Å². The monoisotopic (exact) mass is 287 g/mol. The molecule has 0 amide bonds. The molecule has 2 aromatic carbocycles. The molecule has 0 aliphatic heterocycles. The topological polar surface area (TPSA) is 39.7 Å². The number of nitrogens with one attached hydrogen (secondary N) is 1. The summed E-state index contributed by atoms with van der Waals surface area (Å²) >= 11 is 0. The van der Waals surface area contributed by atoms with E-state index in [2.05, 4.69) is 11.4 Å². The Morgan fingerprint density at radius 1 is 0.762 bits per heavy atom. The average Bonchev–Trinajstić information content (AvgIpc) is 2.55. The molecule has 0 spiro atoms. The van der Waals surface area contributed by atoms with Gasteiger partial charge >= 0.3 is 0 Å². The van der Waals surface area contributed by atoms with Gasteiger partial charge in [-0.2, -0.15) is 0 Å². The highest BCUT2D eigenvalue weighted by atomic mass is 16.5. The number of hydrogen-bond donors (Lipinski definition) is 1. The van der Waals surface area contributed by atoms with E-state index < -0.39 is 0 Å². The van der Waals surface area contributed by atoms with Crippen LogP contribution in [0.15, 0.2) is 42.5 Å². The Morgan fingerprint density at radius 3 is 2.19 bits per heavy atom. The highest BCUT2D eigenvalue weighted by Gasteiger charge is 2.05. The van der Waals surface area contributed by atoms with Gasteiger partial charge in [-0.15, -0.1) is 0 Å². The van der Waals surface area contributed by atoms with Crippen molar-refractivity contribution in [3.05, 3.63) is 53.6 Å². The van der Waals surface area contributed by atoms with Crippen LogP contribution >= 0.6 is 0 Å². The fourth-order valence-electron chi connectivity index (χ4n) is 2.18. The molecule has 0 aliphatic rings. The number of rotatable bonds is 7. The Morgan fingerprint density at radius 2 is 1.48 bits per heavy atom. The lowest BCUT2D eigenvalue weighted by molar-refractivity contribution is 0.354. The van der Waals surface area contributed by atoms with Crippen molar-refractivity contribution in [2.45, 2.75) is 13.1 Å². The zero-order valence-corrected chi connectivity index (χ0v) is 12.7. The molecule has 21 heavy (non-hydrogen) atoms. The Labute approximate surface area is 125 Å². The van der Waals surface area contributed by atoms with Crippen LogP contribution in [-0.2, 0) is 13.1 Å². The van der Waals surface area contributed by atoms with Gasteiger partial charge in [-0.25, -0.2) is 0 Å². The molecule has 0 bridgehead atoms. The molecular formula is C17H21NO3. The summed E-state index contributed by atoms with van der Waals surface area (Å²) in [5.41, 5.74) is 2.28. The molecule has 2 rings (SSSR count). The molecule has 0 unspecified atom stereocenters. The van der Waals surface area contributed by atoms with Gasteiger partial charge in [-0.05, 0) is 23.8 Å². The molecule has 0 heterocycles. The van der Waals surface area contributed by atoms with Crippen LogP contribution < -0.4 is 19.5 Å². The largest absolute Gasteiger partial charge is 0.496 e. The second-order valence-corrected chi connectivity index (χ2v) is 4.60. The third kappa shape index (κ3) is 3.89. The summed E-state index contributed by atoms with van der Waals surface area (Å²) < 4.78 is 15.9. The van der Waals surface area contributed by atoms with E-state index in [0.29, 0.717) is 0 Å². The Kier molecular flexibility index (Phi) is 5.46. The molecule has 0 fully saturated rings. The molecule has 2 aromatic rings. The minimum absolute atomic E-state index is 0.742. The Balaban J connectivity index is 1.97. The van der Waals surface area contributed by atoms with E-state index in [1.807, 2.05) is 36.4 Å². The summed E-state index contributed by atoms with van der Waals surface area (Å²) in [5.74, 6) is 2.39. The summed E-state index contributed by atoms with van der Waals surface area (Å²) in [7, 11) is 4.97. The van der Waals surface area contributed by atoms with Crippen LogP contribution in [0.25, 0.3) is 0 Å². The third-order valence-corrected chi connectivity index (χ3v) is 3.29. The molecule has 4 nitrogen and oxygen atoms in total. The Bertz CT molecular complexity index is 584. The number of ether oxygens (including phenoxy) is 3. The van der Waals surface area contributed by atoms with Gasteiger partial charge in [0.15, 0.2) is 11.5 Å². The lowest BCUT2D eigenvalue weighted by Gasteiger charge is -2.11. The fourth-order valence-corrected chi connectivity index (χ4v) is 2.18. The maximum absolute atomic E-state index is 5.34. The average molecular weight is 287 g/mol. The quantitative estimate of drug-likeness (QED) is 0.850. The number of hydrogen-bond acceptors (Lipinski definition) is 4. The van der Waals surface area contributed by atoms with Crippen molar-refractivity contribution in [2.75, 3.05) is 21.3 Å². The van der Waals surface area contributed by atoms with Gasteiger partial charge in [0.25, 0.3) is 0 Å².